The Morgan fingerprint density at radius 2 is 2.11 bits per heavy atom. The van der Waals surface area contributed by atoms with Crippen molar-refractivity contribution in [1.82, 2.24) is 4.90 Å². The third-order valence-corrected chi connectivity index (χ3v) is 3.34. The normalized spacial score (nSPS) is 13.5. The van der Waals surface area contributed by atoms with E-state index in [1.165, 1.54) is 17.7 Å². The smallest absolute Gasteiger partial charge is 0.241 e. The average Bonchev–Trinajstić information content (AvgIpc) is 2.37. The first-order chi connectivity index (χ1) is 8.58. The highest BCUT2D eigenvalue weighted by Gasteiger charge is 2.13. The first-order valence-electron chi connectivity index (χ1n) is 6.36. The van der Waals surface area contributed by atoms with Crippen molar-refractivity contribution in [3.63, 3.8) is 0 Å². The zero-order valence-electron chi connectivity index (χ0n) is 11.4. The molecule has 0 unspecified atom stereocenters. The molecule has 2 rings (SSSR count). The molecule has 0 atom stereocenters. The lowest BCUT2D eigenvalue weighted by Gasteiger charge is -2.24. The second kappa shape index (κ2) is 5.29. The number of anilines is 2. The van der Waals surface area contributed by atoms with Gasteiger partial charge < -0.3 is 15.1 Å². The zero-order chi connectivity index (χ0) is 13.1. The lowest BCUT2D eigenvalue weighted by atomic mass is 10.0. The molecule has 0 saturated heterocycles. The molecule has 0 saturated carbocycles. The van der Waals surface area contributed by atoms with E-state index < -0.39 is 0 Å². The Bertz CT molecular complexity index is 443. The molecule has 1 aromatic carbocycles. The van der Waals surface area contributed by atoms with Crippen LogP contribution in [0.3, 0.4) is 0 Å². The van der Waals surface area contributed by atoms with Gasteiger partial charge in [0.25, 0.3) is 0 Å². The number of carbonyl (C=O) groups excluding carboxylic acids is 1. The van der Waals surface area contributed by atoms with Gasteiger partial charge in [0.05, 0.1) is 6.54 Å². The SMILES string of the molecule is CN(C)C(=O)CN(C)c1ccc2c(c1)CCCN2. The number of likely N-dealkylation sites (N-methyl/N-ethyl adjacent to an activating group) is 2. The predicted octanol–water partition coefficient (Wildman–Crippen LogP) is 1.57. The molecule has 0 spiro atoms. The van der Waals surface area contributed by atoms with Crippen molar-refractivity contribution in [2.75, 3.05) is 44.4 Å². The van der Waals surface area contributed by atoms with E-state index in [0.717, 1.165) is 18.7 Å². The standard InChI is InChI=1S/C14H21N3O/c1-16(2)14(18)10-17(3)12-6-7-13-11(9-12)5-4-8-15-13/h6-7,9,15H,4-5,8,10H2,1-3H3. The van der Waals surface area contributed by atoms with E-state index in [-0.39, 0.29) is 5.91 Å². The van der Waals surface area contributed by atoms with Crippen molar-refractivity contribution in [2.24, 2.45) is 0 Å². The Balaban J connectivity index is 2.11. The summed E-state index contributed by atoms with van der Waals surface area (Å²) in [6, 6.07) is 6.37. The van der Waals surface area contributed by atoms with E-state index in [1.54, 1.807) is 19.0 Å². The van der Waals surface area contributed by atoms with Crippen molar-refractivity contribution in [3.05, 3.63) is 23.8 Å². The molecular weight excluding hydrogens is 226 g/mol. The lowest BCUT2D eigenvalue weighted by molar-refractivity contribution is -0.127. The Morgan fingerprint density at radius 1 is 1.33 bits per heavy atom. The monoisotopic (exact) mass is 247 g/mol. The number of benzene rings is 1. The van der Waals surface area contributed by atoms with Gasteiger partial charge in [-0.3, -0.25) is 4.79 Å². The number of aryl methyl sites for hydroxylation is 1. The third-order valence-electron chi connectivity index (χ3n) is 3.34. The van der Waals surface area contributed by atoms with Crippen LogP contribution in [-0.2, 0) is 11.2 Å². The number of hydrogen-bond acceptors (Lipinski definition) is 3. The van der Waals surface area contributed by atoms with E-state index in [9.17, 15) is 4.79 Å². The number of amides is 1. The van der Waals surface area contributed by atoms with E-state index in [4.69, 9.17) is 0 Å². The summed E-state index contributed by atoms with van der Waals surface area (Å²) in [5.74, 6) is 0.119. The molecule has 1 amide bonds. The molecule has 0 aromatic heterocycles. The van der Waals surface area contributed by atoms with Gasteiger partial charge in [0.1, 0.15) is 0 Å². The van der Waals surface area contributed by atoms with Crippen LogP contribution >= 0.6 is 0 Å². The highest BCUT2D eigenvalue weighted by molar-refractivity contribution is 5.81. The molecule has 0 radical (unpaired) electrons. The van der Waals surface area contributed by atoms with E-state index in [1.807, 2.05) is 11.9 Å². The van der Waals surface area contributed by atoms with Crippen molar-refractivity contribution in [3.8, 4) is 0 Å². The molecule has 98 valence electrons. The minimum Gasteiger partial charge on any atom is -0.385 e. The molecule has 1 aliphatic rings. The van der Waals surface area contributed by atoms with Crippen LogP contribution in [0.25, 0.3) is 0 Å². The fourth-order valence-electron chi connectivity index (χ4n) is 2.13. The molecule has 1 aliphatic heterocycles. The summed E-state index contributed by atoms with van der Waals surface area (Å²) in [6.45, 7) is 1.47. The van der Waals surface area contributed by atoms with Crippen molar-refractivity contribution >= 4 is 17.3 Å². The quantitative estimate of drug-likeness (QED) is 0.880. The van der Waals surface area contributed by atoms with Crippen LogP contribution < -0.4 is 10.2 Å². The molecular formula is C14H21N3O. The van der Waals surface area contributed by atoms with Crippen molar-refractivity contribution in [2.45, 2.75) is 12.8 Å². The molecule has 0 bridgehead atoms. The average molecular weight is 247 g/mol. The number of nitrogens with one attached hydrogen (secondary N) is 1. The summed E-state index contributed by atoms with van der Waals surface area (Å²) in [4.78, 5) is 15.3. The Morgan fingerprint density at radius 3 is 2.83 bits per heavy atom. The molecule has 1 N–H and O–H groups in total. The van der Waals surface area contributed by atoms with Gasteiger partial charge in [0.15, 0.2) is 0 Å². The molecule has 18 heavy (non-hydrogen) atoms. The van der Waals surface area contributed by atoms with Gasteiger partial charge in [-0.15, -0.1) is 0 Å². The summed E-state index contributed by atoms with van der Waals surface area (Å²) in [7, 11) is 5.53. The van der Waals surface area contributed by atoms with Crippen LogP contribution in [0, 0.1) is 0 Å². The summed E-state index contributed by atoms with van der Waals surface area (Å²) in [5, 5.41) is 3.39. The summed E-state index contributed by atoms with van der Waals surface area (Å²) < 4.78 is 0. The maximum absolute atomic E-state index is 11.7. The van der Waals surface area contributed by atoms with Gasteiger partial charge in [-0.05, 0) is 36.6 Å². The number of hydrogen-bond donors (Lipinski definition) is 1. The molecule has 0 fully saturated rings. The van der Waals surface area contributed by atoms with Crippen LogP contribution in [0.1, 0.15) is 12.0 Å². The van der Waals surface area contributed by atoms with Gasteiger partial charge in [-0.1, -0.05) is 0 Å². The lowest BCUT2D eigenvalue weighted by Crippen LogP contribution is -2.34. The van der Waals surface area contributed by atoms with E-state index in [2.05, 4.69) is 23.5 Å². The fraction of sp³-hybridized carbons (Fsp3) is 0.500. The Labute approximate surface area is 109 Å². The molecule has 1 aromatic rings. The first kappa shape index (κ1) is 12.7. The number of rotatable bonds is 3. The topological polar surface area (TPSA) is 35.6 Å². The largest absolute Gasteiger partial charge is 0.385 e. The second-order valence-corrected chi connectivity index (χ2v) is 5.02. The summed E-state index contributed by atoms with van der Waals surface area (Å²) in [6.07, 6.45) is 2.29. The van der Waals surface area contributed by atoms with Crippen LogP contribution in [0.4, 0.5) is 11.4 Å². The minimum absolute atomic E-state index is 0.119. The maximum atomic E-state index is 11.7. The predicted molar refractivity (Wildman–Crippen MR) is 75.2 cm³/mol. The number of fused-ring (bicyclic) bond motifs is 1. The highest BCUT2D eigenvalue weighted by Crippen LogP contribution is 2.26. The fourth-order valence-corrected chi connectivity index (χ4v) is 2.13. The summed E-state index contributed by atoms with van der Waals surface area (Å²) >= 11 is 0. The zero-order valence-corrected chi connectivity index (χ0v) is 11.4. The Hall–Kier alpha value is -1.71. The second-order valence-electron chi connectivity index (χ2n) is 5.02. The van der Waals surface area contributed by atoms with Gasteiger partial charge in [-0.25, -0.2) is 0 Å². The van der Waals surface area contributed by atoms with Crippen molar-refractivity contribution < 1.29 is 4.79 Å². The molecule has 0 aliphatic carbocycles. The number of nitrogens with zero attached hydrogens (tertiary/aromatic N) is 2. The van der Waals surface area contributed by atoms with Crippen LogP contribution in [-0.4, -0.2) is 45.0 Å². The molecule has 1 heterocycles. The van der Waals surface area contributed by atoms with Crippen molar-refractivity contribution in [1.29, 1.82) is 0 Å². The summed E-state index contributed by atoms with van der Waals surface area (Å²) in [5.41, 5.74) is 3.69. The minimum atomic E-state index is 0.119. The van der Waals surface area contributed by atoms with Gasteiger partial charge in [0.2, 0.25) is 5.91 Å². The number of carbonyl (C=O) groups is 1. The van der Waals surface area contributed by atoms with Crippen LogP contribution in [0.5, 0.6) is 0 Å². The third kappa shape index (κ3) is 2.75. The molecule has 4 heteroatoms. The molecule has 4 nitrogen and oxygen atoms in total. The van der Waals surface area contributed by atoms with Gasteiger partial charge in [-0.2, -0.15) is 0 Å². The van der Waals surface area contributed by atoms with E-state index in [0.29, 0.717) is 6.54 Å². The first-order valence-corrected chi connectivity index (χ1v) is 6.36. The maximum Gasteiger partial charge on any atom is 0.241 e. The van der Waals surface area contributed by atoms with Gasteiger partial charge >= 0.3 is 0 Å². The Kier molecular flexibility index (Phi) is 3.75. The van der Waals surface area contributed by atoms with Crippen LogP contribution in [0.2, 0.25) is 0 Å². The van der Waals surface area contributed by atoms with E-state index >= 15 is 0 Å². The van der Waals surface area contributed by atoms with Crippen LogP contribution in [0.15, 0.2) is 18.2 Å². The highest BCUT2D eigenvalue weighted by atomic mass is 16.2. The van der Waals surface area contributed by atoms with Gasteiger partial charge in [0, 0.05) is 39.1 Å².